The van der Waals surface area contributed by atoms with Gasteiger partial charge in [-0.3, -0.25) is 9.78 Å². The minimum absolute atomic E-state index is 0.108. The van der Waals surface area contributed by atoms with Crippen molar-refractivity contribution in [3.05, 3.63) is 58.3 Å². The third-order valence-electron chi connectivity index (χ3n) is 5.47. The summed E-state index contributed by atoms with van der Waals surface area (Å²) in [5.74, 6) is -0.179. The second-order valence-corrected chi connectivity index (χ2v) is 10.3. The van der Waals surface area contributed by atoms with E-state index in [0.717, 1.165) is 18.5 Å². The highest BCUT2D eigenvalue weighted by Gasteiger charge is 2.38. The van der Waals surface area contributed by atoms with E-state index in [-0.39, 0.29) is 22.9 Å². The molecule has 0 radical (unpaired) electrons. The fraction of sp³-hybridized carbons (Fsp3) is 0.429. The Labute approximate surface area is 185 Å². The van der Waals surface area contributed by atoms with E-state index in [4.69, 9.17) is 4.74 Å². The molecule has 1 unspecified atom stereocenters. The number of benzene rings is 1. The van der Waals surface area contributed by atoms with Crippen LogP contribution < -0.4 is 0 Å². The molecule has 0 N–H and O–H groups in total. The molecule has 2 fully saturated rings. The Kier molecular flexibility index (Phi) is 6.24. The summed E-state index contributed by atoms with van der Waals surface area (Å²) in [7, 11) is -3.73. The smallest absolute Gasteiger partial charge is 0.254 e. The number of carbonyl (C=O) groups excluding carboxylic acids is 1. The van der Waals surface area contributed by atoms with Crippen molar-refractivity contribution >= 4 is 31.9 Å². The average Bonchev–Trinajstić information content (AvgIpc) is 3.60. The van der Waals surface area contributed by atoms with Crippen LogP contribution in [0.3, 0.4) is 0 Å². The number of carbonyl (C=O) groups is 1. The van der Waals surface area contributed by atoms with Gasteiger partial charge in [-0.15, -0.1) is 0 Å². The summed E-state index contributed by atoms with van der Waals surface area (Å²) in [4.78, 5) is 19.8. The van der Waals surface area contributed by atoms with Crippen molar-refractivity contribution in [3.63, 3.8) is 0 Å². The van der Waals surface area contributed by atoms with Crippen molar-refractivity contribution in [3.8, 4) is 0 Å². The van der Waals surface area contributed by atoms with Gasteiger partial charge in [0.2, 0.25) is 10.0 Å². The monoisotopic (exact) mass is 493 g/mol. The van der Waals surface area contributed by atoms with E-state index in [1.807, 2.05) is 30.0 Å². The molecule has 1 saturated carbocycles. The molecule has 1 atom stereocenters. The van der Waals surface area contributed by atoms with Crippen LogP contribution in [-0.4, -0.2) is 60.9 Å². The number of morpholine rings is 1. The fourth-order valence-electron chi connectivity index (χ4n) is 3.69. The second kappa shape index (κ2) is 8.74. The van der Waals surface area contributed by atoms with Gasteiger partial charge in [-0.25, -0.2) is 8.42 Å². The number of ether oxygens (including phenoxy) is 1. The van der Waals surface area contributed by atoms with E-state index in [1.165, 1.54) is 10.4 Å². The Balaban J connectivity index is 1.66. The van der Waals surface area contributed by atoms with E-state index in [1.54, 1.807) is 18.3 Å². The van der Waals surface area contributed by atoms with Crippen molar-refractivity contribution in [2.75, 3.05) is 26.3 Å². The molecular formula is C21H24BrN3O4S. The van der Waals surface area contributed by atoms with Gasteiger partial charge in [0.1, 0.15) is 0 Å². The number of hydrogen-bond acceptors (Lipinski definition) is 5. The lowest BCUT2D eigenvalue weighted by Crippen LogP contribution is -2.41. The van der Waals surface area contributed by atoms with Gasteiger partial charge in [0, 0.05) is 35.4 Å². The molecule has 1 aromatic heterocycles. The van der Waals surface area contributed by atoms with Crippen molar-refractivity contribution in [2.24, 2.45) is 0 Å². The Morgan fingerprint density at radius 2 is 1.97 bits per heavy atom. The van der Waals surface area contributed by atoms with Crippen molar-refractivity contribution in [2.45, 2.75) is 36.7 Å². The number of sulfonamides is 1. The van der Waals surface area contributed by atoms with Gasteiger partial charge < -0.3 is 9.64 Å². The van der Waals surface area contributed by atoms with Crippen LogP contribution in [0.5, 0.6) is 0 Å². The van der Waals surface area contributed by atoms with Crippen molar-refractivity contribution < 1.29 is 17.9 Å². The first kappa shape index (κ1) is 21.4. The largest absolute Gasteiger partial charge is 0.379 e. The van der Waals surface area contributed by atoms with Crippen LogP contribution in [0.25, 0.3) is 0 Å². The standard InChI is InChI=1S/C21H24BrN3O4S/c1-15(19-4-2-3-9-23-19)25(17-6-7-17)21(26)16-5-8-18(22)20(14-16)30(27,28)24-10-12-29-13-11-24/h2-5,8-9,14-15,17H,6-7,10-13H2,1H3. The van der Waals surface area contributed by atoms with Crippen LogP contribution in [0.15, 0.2) is 52.0 Å². The van der Waals surface area contributed by atoms with E-state index < -0.39 is 10.0 Å². The first-order valence-corrected chi connectivity index (χ1v) is 12.2. The molecule has 30 heavy (non-hydrogen) atoms. The van der Waals surface area contributed by atoms with E-state index in [0.29, 0.717) is 36.3 Å². The summed E-state index contributed by atoms with van der Waals surface area (Å²) in [5.41, 5.74) is 1.18. The summed E-state index contributed by atoms with van der Waals surface area (Å²) in [5, 5.41) is 0. The van der Waals surface area contributed by atoms with Crippen molar-refractivity contribution in [1.82, 2.24) is 14.2 Å². The predicted molar refractivity (Wildman–Crippen MR) is 116 cm³/mol. The summed E-state index contributed by atoms with van der Waals surface area (Å²) >= 11 is 3.35. The van der Waals surface area contributed by atoms with Crippen LogP contribution in [0.1, 0.15) is 41.9 Å². The van der Waals surface area contributed by atoms with Crippen LogP contribution in [0, 0.1) is 0 Å². The van der Waals surface area contributed by atoms with Gasteiger partial charge in [-0.1, -0.05) is 6.07 Å². The molecule has 1 aliphatic carbocycles. The van der Waals surface area contributed by atoms with E-state index in [2.05, 4.69) is 20.9 Å². The van der Waals surface area contributed by atoms with Crippen LogP contribution in [0.4, 0.5) is 0 Å². The van der Waals surface area contributed by atoms with Gasteiger partial charge in [-0.2, -0.15) is 4.31 Å². The van der Waals surface area contributed by atoms with E-state index in [9.17, 15) is 13.2 Å². The Hall–Kier alpha value is -1.81. The molecule has 2 heterocycles. The van der Waals surface area contributed by atoms with E-state index >= 15 is 0 Å². The molecule has 7 nitrogen and oxygen atoms in total. The lowest BCUT2D eigenvalue weighted by molar-refractivity contribution is 0.0669. The number of halogens is 1. The molecular weight excluding hydrogens is 470 g/mol. The highest BCUT2D eigenvalue weighted by atomic mass is 79.9. The number of aromatic nitrogens is 1. The molecule has 0 bridgehead atoms. The number of pyridine rings is 1. The predicted octanol–water partition coefficient (Wildman–Crippen LogP) is 3.23. The maximum atomic E-state index is 13.5. The third kappa shape index (κ3) is 4.30. The minimum Gasteiger partial charge on any atom is -0.379 e. The van der Waals surface area contributed by atoms with Crippen LogP contribution in [0.2, 0.25) is 0 Å². The Morgan fingerprint density at radius 1 is 1.23 bits per heavy atom. The lowest BCUT2D eigenvalue weighted by atomic mass is 10.1. The van der Waals surface area contributed by atoms with Gasteiger partial charge in [0.25, 0.3) is 5.91 Å². The number of rotatable bonds is 6. The summed E-state index contributed by atoms with van der Waals surface area (Å²) in [6.45, 7) is 3.30. The van der Waals surface area contributed by atoms with Gasteiger partial charge in [0.15, 0.2) is 0 Å². The second-order valence-electron chi connectivity index (χ2n) is 7.54. The highest BCUT2D eigenvalue weighted by molar-refractivity contribution is 9.10. The first-order valence-electron chi connectivity index (χ1n) is 10.0. The zero-order valence-electron chi connectivity index (χ0n) is 16.7. The maximum Gasteiger partial charge on any atom is 0.254 e. The average molecular weight is 494 g/mol. The Bertz CT molecular complexity index is 1020. The quantitative estimate of drug-likeness (QED) is 0.616. The Morgan fingerprint density at radius 3 is 2.60 bits per heavy atom. The zero-order valence-corrected chi connectivity index (χ0v) is 19.1. The lowest BCUT2D eigenvalue weighted by Gasteiger charge is -2.30. The summed E-state index contributed by atoms with van der Waals surface area (Å²) in [6.07, 6.45) is 3.60. The molecule has 9 heteroatoms. The molecule has 2 aliphatic rings. The molecule has 1 amide bonds. The molecule has 1 saturated heterocycles. The topological polar surface area (TPSA) is 79.8 Å². The van der Waals surface area contributed by atoms with Crippen molar-refractivity contribution in [1.29, 1.82) is 0 Å². The fourth-order valence-corrected chi connectivity index (χ4v) is 6.04. The molecule has 1 aliphatic heterocycles. The van der Waals surface area contributed by atoms with Gasteiger partial charge >= 0.3 is 0 Å². The van der Waals surface area contributed by atoms with Gasteiger partial charge in [0.05, 0.1) is 29.8 Å². The highest BCUT2D eigenvalue weighted by Crippen LogP contribution is 2.36. The van der Waals surface area contributed by atoms with Crippen LogP contribution in [-0.2, 0) is 14.8 Å². The summed E-state index contributed by atoms with van der Waals surface area (Å²) < 4.78 is 33.4. The molecule has 160 valence electrons. The first-order chi connectivity index (χ1) is 14.4. The zero-order chi connectivity index (χ0) is 21.3. The maximum absolute atomic E-state index is 13.5. The van der Waals surface area contributed by atoms with Gasteiger partial charge in [-0.05, 0) is 66.0 Å². The summed E-state index contributed by atoms with van der Waals surface area (Å²) in [6, 6.07) is 10.4. The number of nitrogens with zero attached hydrogens (tertiary/aromatic N) is 3. The molecule has 1 aromatic carbocycles. The molecule has 0 spiro atoms. The van der Waals surface area contributed by atoms with Crippen LogP contribution >= 0.6 is 15.9 Å². The normalized spacial score (nSPS) is 18.7. The molecule has 2 aromatic rings. The number of hydrogen-bond donors (Lipinski definition) is 0. The molecule has 4 rings (SSSR count). The number of amides is 1. The minimum atomic E-state index is -3.73. The SMILES string of the molecule is CC(c1ccccn1)N(C(=O)c1ccc(Br)c(S(=O)(=O)N2CCOCC2)c1)C1CC1. The third-order valence-corrected chi connectivity index (χ3v) is 8.37.